The Balaban J connectivity index is 2.43. The summed E-state index contributed by atoms with van der Waals surface area (Å²) in [7, 11) is 0. The van der Waals surface area contributed by atoms with Gasteiger partial charge in [-0.1, -0.05) is 29.8 Å². The summed E-state index contributed by atoms with van der Waals surface area (Å²) in [5.74, 6) is -3.61. The number of aryl methyl sites for hydroxylation is 1. The van der Waals surface area contributed by atoms with Crippen molar-refractivity contribution < 1.29 is 13.6 Å². The number of hydrogen-bond donors (Lipinski definition) is 0. The zero-order valence-corrected chi connectivity index (χ0v) is 11.8. The molecule has 2 aromatic rings. The highest BCUT2D eigenvalue weighted by Crippen LogP contribution is 2.26. The number of carbonyl (C=O) groups is 1. The maximum absolute atomic E-state index is 13.7. The van der Waals surface area contributed by atoms with E-state index in [1.165, 1.54) is 12.1 Å². The second-order valence-electron chi connectivity index (χ2n) is 4.56. The topological polar surface area (TPSA) is 40.9 Å². The summed E-state index contributed by atoms with van der Waals surface area (Å²) in [5, 5.41) is 9.55. The van der Waals surface area contributed by atoms with Crippen molar-refractivity contribution in [3.8, 4) is 6.07 Å². The fourth-order valence-electron chi connectivity index (χ4n) is 1.92. The Labute approximate surface area is 125 Å². The van der Waals surface area contributed by atoms with Gasteiger partial charge in [0.05, 0.1) is 6.07 Å². The van der Waals surface area contributed by atoms with Crippen LogP contribution in [0.1, 0.15) is 27.4 Å². The average molecular weight is 306 g/mol. The van der Waals surface area contributed by atoms with Crippen LogP contribution >= 0.6 is 11.6 Å². The van der Waals surface area contributed by atoms with Gasteiger partial charge in [0.15, 0.2) is 5.78 Å². The molecule has 21 heavy (non-hydrogen) atoms. The van der Waals surface area contributed by atoms with Gasteiger partial charge in [-0.15, -0.1) is 0 Å². The van der Waals surface area contributed by atoms with Gasteiger partial charge in [0.2, 0.25) is 0 Å². The Morgan fingerprint density at radius 2 is 1.95 bits per heavy atom. The van der Waals surface area contributed by atoms with Crippen LogP contribution < -0.4 is 0 Å². The quantitative estimate of drug-likeness (QED) is 0.788. The van der Waals surface area contributed by atoms with Gasteiger partial charge < -0.3 is 0 Å². The number of carbonyl (C=O) groups excluding carboxylic acids is 1. The summed E-state index contributed by atoms with van der Waals surface area (Å²) in [6.07, 6.45) is 0. The second kappa shape index (κ2) is 6.02. The molecule has 0 N–H and O–H groups in total. The molecule has 0 aliphatic rings. The van der Waals surface area contributed by atoms with Crippen LogP contribution in [0.2, 0.25) is 5.02 Å². The molecule has 0 aliphatic carbocycles. The lowest BCUT2D eigenvalue weighted by atomic mass is 9.91. The molecule has 0 aromatic heterocycles. The molecule has 0 saturated carbocycles. The van der Waals surface area contributed by atoms with Gasteiger partial charge in [0.1, 0.15) is 17.6 Å². The molecule has 0 fully saturated rings. The normalized spacial score (nSPS) is 11.8. The van der Waals surface area contributed by atoms with E-state index in [1.807, 2.05) is 0 Å². The second-order valence-corrected chi connectivity index (χ2v) is 4.96. The number of nitrogens with zero attached hydrogens (tertiary/aromatic N) is 1. The molecule has 0 radical (unpaired) electrons. The van der Waals surface area contributed by atoms with Crippen molar-refractivity contribution in [3.05, 3.63) is 69.7 Å². The first-order valence-electron chi connectivity index (χ1n) is 6.09. The molecule has 0 saturated heterocycles. The Hall–Kier alpha value is -2.25. The smallest absolute Gasteiger partial charge is 0.184 e. The van der Waals surface area contributed by atoms with Crippen LogP contribution in [0.15, 0.2) is 36.4 Å². The molecule has 5 heteroatoms. The SMILES string of the molecule is Cc1ccc(C(=O)C(C#N)c2ccc(F)cc2F)cc1Cl. The van der Waals surface area contributed by atoms with Crippen molar-refractivity contribution in [1.82, 2.24) is 0 Å². The summed E-state index contributed by atoms with van der Waals surface area (Å²) in [4.78, 5) is 12.3. The summed E-state index contributed by atoms with van der Waals surface area (Å²) in [6, 6.07) is 9.12. The van der Waals surface area contributed by atoms with Crippen LogP contribution in [0.5, 0.6) is 0 Å². The molecule has 2 nitrogen and oxygen atoms in total. The summed E-state index contributed by atoms with van der Waals surface area (Å²) in [6.45, 7) is 1.78. The van der Waals surface area contributed by atoms with Crippen LogP contribution in [0, 0.1) is 29.9 Å². The van der Waals surface area contributed by atoms with E-state index >= 15 is 0 Å². The van der Waals surface area contributed by atoms with E-state index in [1.54, 1.807) is 19.1 Å². The van der Waals surface area contributed by atoms with Crippen molar-refractivity contribution in [3.63, 3.8) is 0 Å². The van der Waals surface area contributed by atoms with Crippen molar-refractivity contribution in [2.75, 3.05) is 0 Å². The molecule has 0 amide bonds. The first-order valence-corrected chi connectivity index (χ1v) is 6.46. The van der Waals surface area contributed by atoms with Gasteiger partial charge in [-0.25, -0.2) is 8.78 Å². The van der Waals surface area contributed by atoms with E-state index < -0.39 is 23.3 Å². The van der Waals surface area contributed by atoms with Crippen molar-refractivity contribution in [2.24, 2.45) is 0 Å². The largest absolute Gasteiger partial charge is 0.292 e. The molecule has 0 heterocycles. The lowest BCUT2D eigenvalue weighted by Gasteiger charge is -2.10. The summed E-state index contributed by atoms with van der Waals surface area (Å²) >= 11 is 5.95. The van der Waals surface area contributed by atoms with E-state index in [2.05, 4.69) is 0 Å². The van der Waals surface area contributed by atoms with Crippen molar-refractivity contribution >= 4 is 17.4 Å². The van der Waals surface area contributed by atoms with Crippen LogP contribution in [-0.4, -0.2) is 5.78 Å². The minimum Gasteiger partial charge on any atom is -0.292 e. The van der Waals surface area contributed by atoms with E-state index in [-0.39, 0.29) is 11.1 Å². The number of Topliss-reactive ketones (excluding diaryl/α,β-unsaturated/α-hetero) is 1. The van der Waals surface area contributed by atoms with Gasteiger partial charge in [-0.3, -0.25) is 4.79 Å². The lowest BCUT2D eigenvalue weighted by molar-refractivity contribution is 0.0977. The molecule has 0 spiro atoms. The Morgan fingerprint density at radius 3 is 2.52 bits per heavy atom. The Kier molecular flexibility index (Phi) is 4.35. The van der Waals surface area contributed by atoms with E-state index in [0.29, 0.717) is 11.1 Å². The number of ketones is 1. The molecule has 106 valence electrons. The van der Waals surface area contributed by atoms with Gasteiger partial charge in [-0.05, 0) is 24.6 Å². The number of hydrogen-bond acceptors (Lipinski definition) is 2. The average Bonchev–Trinajstić information content (AvgIpc) is 2.44. The van der Waals surface area contributed by atoms with Crippen LogP contribution in [0.3, 0.4) is 0 Å². The predicted octanol–water partition coefficient (Wildman–Crippen LogP) is 4.42. The molecule has 2 rings (SSSR count). The van der Waals surface area contributed by atoms with Crippen LogP contribution in [0.4, 0.5) is 8.78 Å². The fourth-order valence-corrected chi connectivity index (χ4v) is 2.10. The third-order valence-electron chi connectivity index (χ3n) is 3.12. The molecular formula is C16H10ClF2NO. The third-order valence-corrected chi connectivity index (χ3v) is 3.53. The van der Waals surface area contributed by atoms with E-state index in [0.717, 1.165) is 17.7 Å². The Morgan fingerprint density at radius 1 is 1.24 bits per heavy atom. The molecule has 0 aliphatic heterocycles. The van der Waals surface area contributed by atoms with Gasteiger partial charge >= 0.3 is 0 Å². The Bertz CT molecular complexity index is 752. The van der Waals surface area contributed by atoms with Crippen LogP contribution in [-0.2, 0) is 0 Å². The molecule has 1 atom stereocenters. The molecule has 0 bridgehead atoms. The standard InChI is InChI=1S/C16H10ClF2NO/c1-9-2-3-10(6-14(9)17)16(21)13(8-20)12-5-4-11(18)7-15(12)19/h2-7,13H,1H3. The van der Waals surface area contributed by atoms with Crippen molar-refractivity contribution in [1.29, 1.82) is 5.26 Å². The predicted molar refractivity (Wildman–Crippen MR) is 75.2 cm³/mol. The lowest BCUT2D eigenvalue weighted by Crippen LogP contribution is -2.13. The highest BCUT2D eigenvalue weighted by atomic mass is 35.5. The summed E-state index contributed by atoms with van der Waals surface area (Å²) < 4.78 is 26.6. The monoisotopic (exact) mass is 305 g/mol. The zero-order chi connectivity index (χ0) is 15.6. The minimum absolute atomic E-state index is 0.152. The minimum atomic E-state index is -1.34. The maximum Gasteiger partial charge on any atom is 0.184 e. The number of nitriles is 1. The van der Waals surface area contributed by atoms with E-state index in [9.17, 15) is 13.6 Å². The number of halogens is 3. The zero-order valence-electron chi connectivity index (χ0n) is 11.0. The number of benzene rings is 2. The maximum atomic E-state index is 13.7. The van der Waals surface area contributed by atoms with E-state index in [4.69, 9.17) is 16.9 Å². The van der Waals surface area contributed by atoms with Gasteiger partial charge in [0, 0.05) is 22.2 Å². The highest BCUT2D eigenvalue weighted by Gasteiger charge is 2.25. The van der Waals surface area contributed by atoms with Gasteiger partial charge in [0.25, 0.3) is 0 Å². The highest BCUT2D eigenvalue weighted by molar-refractivity contribution is 6.31. The number of rotatable bonds is 3. The first-order chi connectivity index (χ1) is 9.93. The van der Waals surface area contributed by atoms with Gasteiger partial charge in [-0.2, -0.15) is 5.26 Å². The first kappa shape index (κ1) is 15.1. The third kappa shape index (κ3) is 3.09. The summed E-state index contributed by atoms with van der Waals surface area (Å²) in [5.41, 5.74) is 0.844. The van der Waals surface area contributed by atoms with Crippen LogP contribution in [0.25, 0.3) is 0 Å². The molecule has 2 aromatic carbocycles. The van der Waals surface area contributed by atoms with Crippen molar-refractivity contribution in [2.45, 2.75) is 12.8 Å². The molecular weight excluding hydrogens is 296 g/mol. The fraction of sp³-hybridized carbons (Fsp3) is 0.125. The molecule has 1 unspecified atom stereocenters.